The molecule has 11 heteroatoms. The highest BCUT2D eigenvalue weighted by molar-refractivity contribution is 7.89. The maximum Gasteiger partial charge on any atom is 0.305 e. The molecule has 2 heterocycles. The number of nitrogens with one attached hydrogen (secondary N) is 2. The van der Waals surface area contributed by atoms with Crippen molar-refractivity contribution in [3.63, 3.8) is 0 Å². The van der Waals surface area contributed by atoms with Gasteiger partial charge in [-0.1, -0.05) is 29.5 Å². The van der Waals surface area contributed by atoms with Crippen molar-refractivity contribution < 1.29 is 18.0 Å². The standard InChI is InChI=1S/C21H22N4O5S2/c1-14(22-19(26)15-5-3-2-4-6-15)20(27)24-9-11-25(12-10-24)32(29,30)16-7-8-17-18(13-16)31-21(28)23-17/h2-8,13-14H,9-12H2,1H3,(H,22,26)(H,23,28). The number of aromatic nitrogens is 1. The largest absolute Gasteiger partial charge is 0.341 e. The summed E-state index contributed by atoms with van der Waals surface area (Å²) in [5.74, 6) is -0.597. The smallest absolute Gasteiger partial charge is 0.305 e. The van der Waals surface area contributed by atoms with Gasteiger partial charge in [0, 0.05) is 31.7 Å². The third kappa shape index (κ3) is 4.45. The van der Waals surface area contributed by atoms with Gasteiger partial charge in [-0.15, -0.1) is 0 Å². The molecule has 32 heavy (non-hydrogen) atoms. The zero-order valence-electron chi connectivity index (χ0n) is 17.3. The Morgan fingerprint density at radius 1 is 1.06 bits per heavy atom. The van der Waals surface area contributed by atoms with Crippen molar-refractivity contribution in [1.29, 1.82) is 0 Å². The van der Waals surface area contributed by atoms with Crippen molar-refractivity contribution >= 4 is 43.4 Å². The number of amides is 2. The summed E-state index contributed by atoms with van der Waals surface area (Å²) in [5, 5.41) is 2.69. The number of hydrogen-bond donors (Lipinski definition) is 2. The molecule has 1 aromatic heterocycles. The Morgan fingerprint density at radius 2 is 1.75 bits per heavy atom. The first-order chi connectivity index (χ1) is 15.3. The molecule has 0 saturated carbocycles. The van der Waals surface area contributed by atoms with Gasteiger partial charge in [-0.2, -0.15) is 4.31 Å². The SMILES string of the molecule is CC(NC(=O)c1ccccc1)C(=O)N1CCN(S(=O)(=O)c2ccc3[nH]c(=O)sc3c2)CC1. The van der Waals surface area contributed by atoms with Crippen LogP contribution in [0.3, 0.4) is 0 Å². The summed E-state index contributed by atoms with van der Waals surface area (Å²) >= 11 is 0.958. The molecule has 1 saturated heterocycles. The fourth-order valence-corrected chi connectivity index (χ4v) is 5.89. The number of H-pyrrole nitrogens is 1. The molecule has 0 radical (unpaired) electrons. The van der Waals surface area contributed by atoms with E-state index < -0.39 is 16.1 Å². The first-order valence-corrected chi connectivity index (χ1v) is 12.3. The van der Waals surface area contributed by atoms with E-state index in [2.05, 4.69) is 10.3 Å². The number of carbonyl (C=O) groups is 2. The minimum absolute atomic E-state index is 0.114. The van der Waals surface area contributed by atoms with E-state index in [1.54, 1.807) is 48.2 Å². The number of aromatic amines is 1. The second-order valence-corrected chi connectivity index (χ2v) is 10.4. The monoisotopic (exact) mass is 474 g/mol. The number of carbonyl (C=O) groups excluding carboxylic acids is 2. The lowest BCUT2D eigenvalue weighted by molar-refractivity contribution is -0.134. The maximum absolute atomic E-state index is 13.0. The van der Waals surface area contributed by atoms with Crippen LogP contribution in [-0.2, 0) is 14.8 Å². The van der Waals surface area contributed by atoms with Crippen molar-refractivity contribution in [2.75, 3.05) is 26.2 Å². The van der Waals surface area contributed by atoms with Gasteiger partial charge < -0.3 is 15.2 Å². The Bertz CT molecular complexity index is 1310. The molecule has 2 N–H and O–H groups in total. The van der Waals surface area contributed by atoms with Crippen LogP contribution in [0.5, 0.6) is 0 Å². The number of rotatable bonds is 5. The van der Waals surface area contributed by atoms with Gasteiger partial charge in [0.1, 0.15) is 6.04 Å². The zero-order chi connectivity index (χ0) is 22.9. The Hall–Kier alpha value is -3.02. The van der Waals surface area contributed by atoms with Gasteiger partial charge in [-0.25, -0.2) is 8.42 Å². The van der Waals surface area contributed by atoms with E-state index in [4.69, 9.17) is 0 Å². The lowest BCUT2D eigenvalue weighted by Gasteiger charge is -2.35. The van der Waals surface area contributed by atoms with Crippen LogP contribution in [0.15, 0.2) is 58.2 Å². The van der Waals surface area contributed by atoms with Crippen LogP contribution in [0.1, 0.15) is 17.3 Å². The van der Waals surface area contributed by atoms with E-state index in [0.717, 1.165) is 11.3 Å². The first-order valence-electron chi connectivity index (χ1n) is 10.0. The molecule has 4 rings (SSSR count). The fraction of sp³-hybridized carbons (Fsp3) is 0.286. The van der Waals surface area contributed by atoms with E-state index in [1.807, 2.05) is 0 Å². The van der Waals surface area contributed by atoms with Crippen LogP contribution in [0.4, 0.5) is 0 Å². The number of thiazole rings is 1. The highest BCUT2D eigenvalue weighted by atomic mass is 32.2. The molecule has 2 amide bonds. The molecule has 0 spiro atoms. The highest BCUT2D eigenvalue weighted by Gasteiger charge is 2.32. The number of sulfonamides is 1. The normalized spacial score (nSPS) is 16.1. The van der Waals surface area contributed by atoms with Crippen molar-refractivity contribution in [2.45, 2.75) is 17.9 Å². The van der Waals surface area contributed by atoms with Crippen LogP contribution in [0, 0.1) is 0 Å². The molecule has 1 fully saturated rings. The van der Waals surface area contributed by atoms with E-state index in [9.17, 15) is 22.8 Å². The molecule has 0 aliphatic carbocycles. The summed E-state index contributed by atoms with van der Waals surface area (Å²) in [6.45, 7) is 2.36. The predicted molar refractivity (Wildman–Crippen MR) is 121 cm³/mol. The van der Waals surface area contributed by atoms with E-state index in [0.29, 0.717) is 15.8 Å². The molecule has 168 valence electrons. The number of piperazine rings is 1. The Morgan fingerprint density at radius 3 is 2.44 bits per heavy atom. The molecule has 1 unspecified atom stereocenters. The van der Waals surface area contributed by atoms with E-state index in [-0.39, 0.29) is 47.8 Å². The van der Waals surface area contributed by atoms with Crippen LogP contribution in [0.2, 0.25) is 0 Å². The number of hydrogen-bond acceptors (Lipinski definition) is 6. The third-order valence-corrected chi connectivity index (χ3v) is 8.07. The van der Waals surface area contributed by atoms with Crippen LogP contribution < -0.4 is 10.2 Å². The second kappa shape index (κ2) is 8.85. The number of fused-ring (bicyclic) bond motifs is 1. The Balaban J connectivity index is 1.38. The summed E-state index contributed by atoms with van der Waals surface area (Å²) in [6, 6.07) is 12.4. The van der Waals surface area contributed by atoms with Gasteiger partial charge in [-0.3, -0.25) is 14.4 Å². The van der Waals surface area contributed by atoms with Crippen LogP contribution in [-0.4, -0.2) is 66.6 Å². The molecule has 2 aromatic carbocycles. The zero-order valence-corrected chi connectivity index (χ0v) is 18.9. The number of nitrogens with zero attached hydrogens (tertiary/aromatic N) is 2. The Labute approximate surface area is 188 Å². The molecule has 1 atom stereocenters. The summed E-state index contributed by atoms with van der Waals surface area (Å²) in [6.07, 6.45) is 0. The molecule has 9 nitrogen and oxygen atoms in total. The van der Waals surface area contributed by atoms with E-state index in [1.165, 1.54) is 16.4 Å². The van der Waals surface area contributed by atoms with Gasteiger partial charge in [0.25, 0.3) is 5.91 Å². The second-order valence-electron chi connectivity index (χ2n) is 7.46. The molecule has 3 aromatic rings. The average Bonchev–Trinajstić information content (AvgIpc) is 3.18. The fourth-order valence-electron chi connectivity index (χ4n) is 3.59. The summed E-state index contributed by atoms with van der Waals surface area (Å²) in [7, 11) is -3.75. The van der Waals surface area contributed by atoms with Gasteiger partial charge in [0.05, 0.1) is 15.1 Å². The summed E-state index contributed by atoms with van der Waals surface area (Å²) in [5.41, 5.74) is 1.06. The van der Waals surface area contributed by atoms with Crippen molar-refractivity contribution in [3.05, 3.63) is 63.8 Å². The average molecular weight is 475 g/mol. The summed E-state index contributed by atoms with van der Waals surface area (Å²) in [4.78, 5) is 40.6. The van der Waals surface area contributed by atoms with Gasteiger partial charge in [0.2, 0.25) is 15.9 Å². The van der Waals surface area contributed by atoms with Crippen LogP contribution >= 0.6 is 11.3 Å². The Kier molecular flexibility index (Phi) is 6.13. The third-order valence-electron chi connectivity index (χ3n) is 5.33. The molecular weight excluding hydrogens is 452 g/mol. The number of benzene rings is 2. The van der Waals surface area contributed by atoms with Crippen molar-refractivity contribution in [2.24, 2.45) is 0 Å². The van der Waals surface area contributed by atoms with Gasteiger partial charge in [-0.05, 0) is 37.3 Å². The van der Waals surface area contributed by atoms with E-state index >= 15 is 0 Å². The minimum Gasteiger partial charge on any atom is -0.341 e. The topological polar surface area (TPSA) is 120 Å². The molecule has 1 aliphatic heterocycles. The lowest BCUT2D eigenvalue weighted by Crippen LogP contribution is -2.55. The molecular formula is C21H22N4O5S2. The predicted octanol–water partition coefficient (Wildman–Crippen LogP) is 1.24. The maximum atomic E-state index is 13.0. The van der Waals surface area contributed by atoms with Gasteiger partial charge >= 0.3 is 4.87 Å². The van der Waals surface area contributed by atoms with Crippen LogP contribution in [0.25, 0.3) is 10.2 Å². The summed E-state index contributed by atoms with van der Waals surface area (Å²) < 4.78 is 28.0. The van der Waals surface area contributed by atoms with Crippen molar-refractivity contribution in [1.82, 2.24) is 19.5 Å². The molecule has 0 bridgehead atoms. The highest BCUT2D eigenvalue weighted by Crippen LogP contribution is 2.23. The molecule has 1 aliphatic rings. The van der Waals surface area contributed by atoms with Crippen molar-refractivity contribution in [3.8, 4) is 0 Å². The first kappa shape index (κ1) is 22.2. The van der Waals surface area contributed by atoms with Gasteiger partial charge in [0.15, 0.2) is 0 Å². The lowest BCUT2D eigenvalue weighted by atomic mass is 10.2. The quantitative estimate of drug-likeness (QED) is 0.577. The minimum atomic E-state index is -3.75.